The summed E-state index contributed by atoms with van der Waals surface area (Å²) < 4.78 is 0. The van der Waals surface area contributed by atoms with Gasteiger partial charge in [-0.1, -0.05) is 31.5 Å². The van der Waals surface area contributed by atoms with Gasteiger partial charge in [-0.2, -0.15) is 0 Å². The Hall–Kier alpha value is -1.59. The molecule has 1 aliphatic heterocycles. The van der Waals surface area contributed by atoms with E-state index in [0.717, 1.165) is 18.7 Å². The van der Waals surface area contributed by atoms with Crippen molar-refractivity contribution in [2.75, 3.05) is 26.2 Å². The Morgan fingerprint density at radius 2 is 1.87 bits per heavy atom. The zero-order valence-electron chi connectivity index (χ0n) is 14.0. The predicted octanol–water partition coefficient (Wildman–Crippen LogP) is 1.60. The van der Waals surface area contributed by atoms with Crippen molar-refractivity contribution in [1.82, 2.24) is 15.5 Å². The van der Waals surface area contributed by atoms with Crippen molar-refractivity contribution >= 4 is 24.2 Å². The fourth-order valence-corrected chi connectivity index (χ4v) is 2.61. The van der Waals surface area contributed by atoms with Gasteiger partial charge in [0.15, 0.2) is 0 Å². The third kappa shape index (κ3) is 5.22. The SMILES string of the molecule is Cc1cccc(C(=O)NC(C(=O)N2CCNCC2)C(C)C)c1.Cl. The van der Waals surface area contributed by atoms with Gasteiger partial charge in [0.05, 0.1) is 0 Å². The summed E-state index contributed by atoms with van der Waals surface area (Å²) in [5.74, 6) is -0.125. The Kier molecular flexibility index (Phi) is 7.52. The summed E-state index contributed by atoms with van der Waals surface area (Å²) in [5.41, 5.74) is 1.63. The average molecular weight is 340 g/mol. The molecule has 23 heavy (non-hydrogen) atoms. The Bertz CT molecular complexity index is 542. The van der Waals surface area contributed by atoms with Gasteiger partial charge in [-0.15, -0.1) is 12.4 Å². The lowest BCUT2D eigenvalue weighted by Crippen LogP contribution is -2.55. The van der Waals surface area contributed by atoms with Crippen LogP contribution in [0.25, 0.3) is 0 Å². The molecule has 1 fully saturated rings. The fraction of sp³-hybridized carbons (Fsp3) is 0.529. The number of hydrogen-bond donors (Lipinski definition) is 2. The molecule has 2 amide bonds. The first-order valence-corrected chi connectivity index (χ1v) is 7.86. The summed E-state index contributed by atoms with van der Waals surface area (Å²) in [6.45, 7) is 8.88. The third-order valence-electron chi connectivity index (χ3n) is 3.93. The van der Waals surface area contributed by atoms with E-state index in [0.29, 0.717) is 18.7 Å². The molecule has 2 N–H and O–H groups in total. The van der Waals surface area contributed by atoms with Crippen LogP contribution in [0.5, 0.6) is 0 Å². The average Bonchev–Trinajstić information content (AvgIpc) is 2.52. The number of nitrogens with zero attached hydrogens (tertiary/aromatic N) is 1. The number of amides is 2. The van der Waals surface area contributed by atoms with Gasteiger partial charge in [0.1, 0.15) is 6.04 Å². The molecule has 1 aromatic rings. The van der Waals surface area contributed by atoms with Crippen LogP contribution < -0.4 is 10.6 Å². The predicted molar refractivity (Wildman–Crippen MR) is 94.0 cm³/mol. The van der Waals surface area contributed by atoms with Crippen molar-refractivity contribution in [1.29, 1.82) is 0 Å². The molecule has 0 radical (unpaired) electrons. The standard InChI is InChI=1S/C17H25N3O2.ClH/c1-12(2)15(17(22)20-9-7-18-8-10-20)19-16(21)14-6-4-5-13(3)11-14;/h4-6,11-12,15,18H,7-10H2,1-3H3,(H,19,21);1H. The van der Waals surface area contributed by atoms with Crippen molar-refractivity contribution in [3.8, 4) is 0 Å². The first-order valence-electron chi connectivity index (χ1n) is 7.86. The van der Waals surface area contributed by atoms with Crippen molar-refractivity contribution in [3.63, 3.8) is 0 Å². The number of piperazine rings is 1. The number of aryl methyl sites for hydroxylation is 1. The molecule has 1 aliphatic rings. The molecule has 0 aromatic heterocycles. The lowest BCUT2D eigenvalue weighted by atomic mass is 10.0. The minimum atomic E-state index is -0.480. The number of carbonyl (C=O) groups is 2. The van der Waals surface area contributed by atoms with Gasteiger partial charge in [0, 0.05) is 31.7 Å². The van der Waals surface area contributed by atoms with E-state index in [1.165, 1.54) is 0 Å². The van der Waals surface area contributed by atoms with E-state index < -0.39 is 6.04 Å². The summed E-state index contributed by atoms with van der Waals surface area (Å²) >= 11 is 0. The lowest BCUT2D eigenvalue weighted by Gasteiger charge is -2.32. The molecule has 2 rings (SSSR count). The second kappa shape index (κ2) is 8.89. The maximum absolute atomic E-state index is 12.7. The Morgan fingerprint density at radius 3 is 2.43 bits per heavy atom. The number of halogens is 1. The lowest BCUT2D eigenvalue weighted by molar-refractivity contribution is -0.134. The highest BCUT2D eigenvalue weighted by molar-refractivity contribution is 5.97. The second-order valence-corrected chi connectivity index (χ2v) is 6.14. The van der Waals surface area contributed by atoms with Crippen LogP contribution in [0.1, 0.15) is 29.8 Å². The molecule has 1 atom stereocenters. The van der Waals surface area contributed by atoms with E-state index in [4.69, 9.17) is 0 Å². The highest BCUT2D eigenvalue weighted by Gasteiger charge is 2.29. The van der Waals surface area contributed by atoms with E-state index >= 15 is 0 Å². The van der Waals surface area contributed by atoms with Crippen LogP contribution in [0.3, 0.4) is 0 Å². The molecular formula is C17H26ClN3O2. The Labute approximate surface area is 144 Å². The van der Waals surface area contributed by atoms with Crippen LogP contribution in [0.15, 0.2) is 24.3 Å². The normalized spacial score (nSPS) is 15.7. The highest BCUT2D eigenvalue weighted by Crippen LogP contribution is 2.10. The molecule has 0 bridgehead atoms. The van der Waals surface area contributed by atoms with Crippen LogP contribution in [0.2, 0.25) is 0 Å². The van der Waals surface area contributed by atoms with Gasteiger partial charge >= 0.3 is 0 Å². The summed E-state index contributed by atoms with van der Waals surface area (Å²) in [5, 5.41) is 6.14. The molecule has 5 nitrogen and oxygen atoms in total. The monoisotopic (exact) mass is 339 g/mol. The number of benzene rings is 1. The zero-order chi connectivity index (χ0) is 16.1. The molecule has 0 spiro atoms. The maximum Gasteiger partial charge on any atom is 0.251 e. The molecule has 0 saturated carbocycles. The Balaban J connectivity index is 0.00000264. The fourth-order valence-electron chi connectivity index (χ4n) is 2.61. The van der Waals surface area contributed by atoms with E-state index in [-0.39, 0.29) is 30.1 Å². The van der Waals surface area contributed by atoms with E-state index in [9.17, 15) is 9.59 Å². The molecular weight excluding hydrogens is 314 g/mol. The van der Waals surface area contributed by atoms with Gasteiger partial charge in [-0.3, -0.25) is 9.59 Å². The van der Waals surface area contributed by atoms with Crippen molar-refractivity contribution in [2.24, 2.45) is 5.92 Å². The zero-order valence-corrected chi connectivity index (χ0v) is 14.8. The topological polar surface area (TPSA) is 61.4 Å². The first kappa shape index (κ1) is 19.5. The van der Waals surface area contributed by atoms with Crippen molar-refractivity contribution in [2.45, 2.75) is 26.8 Å². The van der Waals surface area contributed by atoms with Gasteiger partial charge in [-0.05, 0) is 25.0 Å². The first-order chi connectivity index (χ1) is 10.5. The number of carbonyl (C=O) groups excluding carboxylic acids is 2. The minimum Gasteiger partial charge on any atom is -0.340 e. The Morgan fingerprint density at radius 1 is 1.22 bits per heavy atom. The van der Waals surface area contributed by atoms with Crippen molar-refractivity contribution in [3.05, 3.63) is 35.4 Å². The highest BCUT2D eigenvalue weighted by atomic mass is 35.5. The molecule has 0 aliphatic carbocycles. The van der Waals surface area contributed by atoms with E-state index in [2.05, 4.69) is 10.6 Å². The maximum atomic E-state index is 12.7. The van der Waals surface area contributed by atoms with Gasteiger partial charge in [0.2, 0.25) is 5.91 Å². The second-order valence-electron chi connectivity index (χ2n) is 6.14. The van der Waals surface area contributed by atoms with Gasteiger partial charge < -0.3 is 15.5 Å². The molecule has 6 heteroatoms. The summed E-state index contributed by atoms with van der Waals surface area (Å²) in [6.07, 6.45) is 0. The van der Waals surface area contributed by atoms with Crippen LogP contribution in [0, 0.1) is 12.8 Å². The summed E-state index contributed by atoms with van der Waals surface area (Å²) in [7, 11) is 0. The quantitative estimate of drug-likeness (QED) is 0.876. The molecule has 1 aromatic carbocycles. The minimum absolute atomic E-state index is 0. The molecule has 128 valence electrons. The van der Waals surface area contributed by atoms with Crippen molar-refractivity contribution < 1.29 is 9.59 Å². The number of rotatable bonds is 4. The summed E-state index contributed by atoms with van der Waals surface area (Å²) in [4.78, 5) is 26.9. The molecule has 1 saturated heterocycles. The number of nitrogens with one attached hydrogen (secondary N) is 2. The third-order valence-corrected chi connectivity index (χ3v) is 3.93. The van der Waals surface area contributed by atoms with E-state index in [1.54, 1.807) is 6.07 Å². The van der Waals surface area contributed by atoms with Crippen LogP contribution in [0.4, 0.5) is 0 Å². The van der Waals surface area contributed by atoms with Crippen LogP contribution in [-0.2, 0) is 4.79 Å². The van der Waals surface area contributed by atoms with Crippen LogP contribution >= 0.6 is 12.4 Å². The largest absolute Gasteiger partial charge is 0.340 e. The summed E-state index contributed by atoms with van der Waals surface area (Å²) in [6, 6.07) is 6.93. The van der Waals surface area contributed by atoms with Gasteiger partial charge in [-0.25, -0.2) is 0 Å². The molecule has 1 unspecified atom stereocenters. The van der Waals surface area contributed by atoms with Gasteiger partial charge in [0.25, 0.3) is 5.91 Å². The number of hydrogen-bond acceptors (Lipinski definition) is 3. The molecule has 1 heterocycles. The van der Waals surface area contributed by atoms with Crippen LogP contribution in [-0.4, -0.2) is 48.9 Å². The smallest absolute Gasteiger partial charge is 0.251 e. The van der Waals surface area contributed by atoms with E-state index in [1.807, 2.05) is 43.9 Å².